The van der Waals surface area contributed by atoms with Crippen LogP contribution in [0.25, 0.3) is 11.1 Å². The van der Waals surface area contributed by atoms with E-state index in [0.717, 1.165) is 30.0 Å². The first-order valence-electron chi connectivity index (χ1n) is 13.1. The molecule has 3 unspecified atom stereocenters. The maximum atomic E-state index is 9.98. The Kier molecular flexibility index (Phi) is 7.88. The van der Waals surface area contributed by atoms with Gasteiger partial charge in [-0.25, -0.2) is 0 Å². The van der Waals surface area contributed by atoms with Gasteiger partial charge in [-0.2, -0.15) is 0 Å². The molecule has 1 aliphatic rings. The molecule has 0 saturated carbocycles. The predicted molar refractivity (Wildman–Crippen MR) is 152 cm³/mol. The van der Waals surface area contributed by atoms with Gasteiger partial charge in [-0.1, -0.05) is 97.1 Å². The number of benzene rings is 4. The Hall–Kier alpha value is -3.60. The highest BCUT2D eigenvalue weighted by atomic mass is 16.5. The molecule has 5 rings (SSSR count). The summed E-state index contributed by atoms with van der Waals surface area (Å²) < 4.78 is 5.87. The Morgan fingerprint density at radius 1 is 0.838 bits per heavy atom. The normalized spacial score (nSPS) is 19.2. The van der Waals surface area contributed by atoms with Gasteiger partial charge >= 0.3 is 0 Å². The highest BCUT2D eigenvalue weighted by molar-refractivity contribution is 5.73. The molecule has 190 valence electrons. The van der Waals surface area contributed by atoms with Gasteiger partial charge in [0.15, 0.2) is 0 Å². The molecule has 2 N–H and O–H groups in total. The number of methoxy groups -OCH3 is 1. The van der Waals surface area contributed by atoms with Crippen LogP contribution in [0.15, 0.2) is 109 Å². The van der Waals surface area contributed by atoms with Crippen molar-refractivity contribution < 1.29 is 9.84 Å². The van der Waals surface area contributed by atoms with E-state index in [9.17, 15) is 5.11 Å². The van der Waals surface area contributed by atoms with Crippen molar-refractivity contribution in [2.45, 2.75) is 24.4 Å². The lowest BCUT2D eigenvalue weighted by Crippen LogP contribution is -2.48. The number of aliphatic hydroxyl groups excluding tert-OH is 1. The lowest BCUT2D eigenvalue weighted by atomic mass is 9.79. The Morgan fingerprint density at radius 2 is 1.43 bits per heavy atom. The molecule has 3 atom stereocenters. The Bertz CT molecular complexity index is 1220. The van der Waals surface area contributed by atoms with Crippen LogP contribution in [0.4, 0.5) is 5.69 Å². The summed E-state index contributed by atoms with van der Waals surface area (Å²) in [6, 6.07) is 38.7. The largest absolute Gasteiger partial charge is 0.495 e. The van der Waals surface area contributed by atoms with Crippen molar-refractivity contribution in [1.29, 1.82) is 0 Å². The summed E-state index contributed by atoms with van der Waals surface area (Å²) in [4.78, 5) is 2.38. The third-order valence-corrected chi connectivity index (χ3v) is 7.76. The minimum atomic E-state index is 0.149. The first-order chi connectivity index (χ1) is 18.2. The van der Waals surface area contributed by atoms with Gasteiger partial charge in [0.1, 0.15) is 5.75 Å². The summed E-state index contributed by atoms with van der Waals surface area (Å²) >= 11 is 0. The first-order valence-corrected chi connectivity index (χ1v) is 13.1. The molecule has 1 fully saturated rings. The van der Waals surface area contributed by atoms with E-state index in [0.29, 0.717) is 5.92 Å². The topological polar surface area (TPSA) is 44.7 Å². The van der Waals surface area contributed by atoms with Gasteiger partial charge in [-0.3, -0.25) is 0 Å². The van der Waals surface area contributed by atoms with Crippen molar-refractivity contribution in [3.05, 3.63) is 120 Å². The molecule has 4 aromatic carbocycles. The molecule has 4 aromatic rings. The van der Waals surface area contributed by atoms with Crippen LogP contribution in [0.1, 0.15) is 23.5 Å². The Balaban J connectivity index is 1.59. The molecule has 4 heteroatoms. The van der Waals surface area contributed by atoms with Crippen LogP contribution in [-0.2, 0) is 0 Å². The zero-order valence-corrected chi connectivity index (χ0v) is 21.6. The molecule has 4 nitrogen and oxygen atoms in total. The molecule has 0 bridgehead atoms. The van der Waals surface area contributed by atoms with Gasteiger partial charge in [0.05, 0.1) is 12.8 Å². The fourth-order valence-corrected chi connectivity index (χ4v) is 6.00. The second kappa shape index (κ2) is 11.6. The smallest absolute Gasteiger partial charge is 0.142 e. The van der Waals surface area contributed by atoms with Gasteiger partial charge in [0, 0.05) is 38.2 Å². The van der Waals surface area contributed by atoms with Crippen LogP contribution >= 0.6 is 0 Å². The Labute approximate surface area is 220 Å². The van der Waals surface area contributed by atoms with E-state index in [1.807, 2.05) is 6.07 Å². The Morgan fingerprint density at radius 3 is 2.00 bits per heavy atom. The second-order valence-electron chi connectivity index (χ2n) is 9.86. The third-order valence-electron chi connectivity index (χ3n) is 7.76. The molecule has 0 aliphatic carbocycles. The van der Waals surface area contributed by atoms with Crippen LogP contribution in [0.3, 0.4) is 0 Å². The number of anilines is 1. The van der Waals surface area contributed by atoms with E-state index in [1.165, 1.54) is 16.7 Å². The van der Waals surface area contributed by atoms with Crippen molar-refractivity contribution in [1.82, 2.24) is 5.32 Å². The average Bonchev–Trinajstić information content (AvgIpc) is 3.37. The molecule has 0 spiro atoms. The fourth-order valence-electron chi connectivity index (χ4n) is 6.00. The lowest BCUT2D eigenvalue weighted by Gasteiger charge is -2.39. The van der Waals surface area contributed by atoms with E-state index < -0.39 is 0 Å². The van der Waals surface area contributed by atoms with Crippen LogP contribution in [-0.4, -0.2) is 44.5 Å². The summed E-state index contributed by atoms with van der Waals surface area (Å²) in [5.41, 5.74) is 5.98. The number of hydrogen-bond donors (Lipinski definition) is 2. The summed E-state index contributed by atoms with van der Waals surface area (Å²) in [5.74, 6) is 1.31. The molecule has 1 heterocycles. The van der Waals surface area contributed by atoms with Crippen molar-refractivity contribution in [2.75, 3.05) is 32.2 Å². The van der Waals surface area contributed by atoms with E-state index >= 15 is 0 Å². The molecule has 0 radical (unpaired) electrons. The van der Waals surface area contributed by atoms with Crippen LogP contribution < -0.4 is 15.0 Å². The zero-order valence-electron chi connectivity index (χ0n) is 21.6. The van der Waals surface area contributed by atoms with Crippen molar-refractivity contribution in [2.24, 2.45) is 5.92 Å². The van der Waals surface area contributed by atoms with Crippen LogP contribution in [0, 0.1) is 5.92 Å². The van der Waals surface area contributed by atoms with Gasteiger partial charge in [-0.05, 0) is 46.7 Å². The molecule has 1 saturated heterocycles. The molecule has 1 aliphatic heterocycles. The predicted octanol–water partition coefficient (Wildman–Crippen LogP) is 5.97. The van der Waals surface area contributed by atoms with E-state index in [-0.39, 0.29) is 24.6 Å². The summed E-state index contributed by atoms with van der Waals surface area (Å²) in [7, 11) is 3.91. The molecular formula is C33H36N2O2. The van der Waals surface area contributed by atoms with Crippen molar-refractivity contribution in [3.63, 3.8) is 0 Å². The number of nitrogens with zero attached hydrogens (tertiary/aromatic N) is 1. The van der Waals surface area contributed by atoms with Gasteiger partial charge < -0.3 is 20.1 Å². The number of likely N-dealkylation sites (N-methyl/N-ethyl adjacent to an activating group) is 1. The van der Waals surface area contributed by atoms with E-state index in [4.69, 9.17) is 4.74 Å². The quantitative estimate of drug-likeness (QED) is 0.302. The summed E-state index contributed by atoms with van der Waals surface area (Å²) in [5, 5.41) is 13.9. The molecule has 37 heavy (non-hydrogen) atoms. The number of nitrogens with one attached hydrogen (secondary N) is 1. The minimum Gasteiger partial charge on any atom is -0.495 e. The average molecular weight is 493 g/mol. The third kappa shape index (κ3) is 5.27. The first kappa shape index (κ1) is 25.1. The fraction of sp³-hybridized carbons (Fsp3) is 0.273. The van der Waals surface area contributed by atoms with Gasteiger partial charge in [0.2, 0.25) is 0 Å². The van der Waals surface area contributed by atoms with E-state index in [2.05, 4.69) is 120 Å². The maximum Gasteiger partial charge on any atom is 0.142 e. The van der Waals surface area contributed by atoms with Crippen molar-refractivity contribution in [3.8, 4) is 16.9 Å². The van der Waals surface area contributed by atoms with Gasteiger partial charge in [0.25, 0.3) is 0 Å². The van der Waals surface area contributed by atoms with Gasteiger partial charge in [-0.15, -0.1) is 0 Å². The minimum absolute atomic E-state index is 0.149. The van der Waals surface area contributed by atoms with Crippen LogP contribution in [0.5, 0.6) is 5.75 Å². The summed E-state index contributed by atoms with van der Waals surface area (Å²) in [6.07, 6.45) is 0.746. The summed E-state index contributed by atoms with van der Waals surface area (Å²) in [6.45, 7) is 1.03. The lowest BCUT2D eigenvalue weighted by molar-refractivity contribution is 0.251. The standard InChI is InChI=1S/C33H36N2O2/c1-35(29-22-27(18-19-30(29)37-2)24-12-6-3-7-13-24)33-28(20-21-36)23-34-32(33)31(25-14-8-4-9-15-25)26-16-10-5-11-17-26/h3-19,22,28,31-34,36H,20-21,23H2,1-2H3. The highest BCUT2D eigenvalue weighted by Crippen LogP contribution is 2.41. The zero-order chi connectivity index (χ0) is 25.6. The SMILES string of the molecule is COc1ccc(-c2ccccc2)cc1N(C)C1C(CCO)CNC1C(c1ccccc1)c1ccccc1. The number of ether oxygens (including phenoxy) is 1. The molecular weight excluding hydrogens is 456 g/mol. The highest BCUT2D eigenvalue weighted by Gasteiger charge is 2.43. The maximum absolute atomic E-state index is 9.98. The van der Waals surface area contributed by atoms with E-state index in [1.54, 1.807) is 7.11 Å². The number of rotatable bonds is 9. The van der Waals surface area contributed by atoms with Crippen molar-refractivity contribution >= 4 is 5.69 Å². The van der Waals surface area contributed by atoms with Crippen LogP contribution in [0.2, 0.25) is 0 Å². The molecule has 0 amide bonds. The molecule has 0 aromatic heterocycles. The second-order valence-corrected chi connectivity index (χ2v) is 9.86. The number of hydrogen-bond acceptors (Lipinski definition) is 4. The number of aliphatic hydroxyl groups is 1. The monoisotopic (exact) mass is 492 g/mol.